The van der Waals surface area contributed by atoms with E-state index in [2.05, 4.69) is 5.32 Å². The first kappa shape index (κ1) is 22.6. The summed E-state index contributed by atoms with van der Waals surface area (Å²) < 4.78 is 22.1. The lowest BCUT2D eigenvalue weighted by Gasteiger charge is -2.17. The number of hydrogen-bond donors (Lipinski definition) is 1. The summed E-state index contributed by atoms with van der Waals surface area (Å²) >= 11 is 0. The average molecular weight is 402 g/mol. The molecule has 0 fully saturated rings. The molecule has 6 heteroatoms. The van der Waals surface area contributed by atoms with Crippen molar-refractivity contribution in [1.82, 2.24) is 5.32 Å². The van der Waals surface area contributed by atoms with E-state index >= 15 is 0 Å². The summed E-state index contributed by atoms with van der Waals surface area (Å²) in [7, 11) is 3.12. The van der Waals surface area contributed by atoms with Gasteiger partial charge < -0.3 is 24.3 Å². The Morgan fingerprint density at radius 3 is 2.38 bits per heavy atom. The zero-order valence-corrected chi connectivity index (χ0v) is 17.9. The third-order valence-corrected chi connectivity index (χ3v) is 4.30. The van der Waals surface area contributed by atoms with Gasteiger partial charge in [0.05, 0.1) is 13.2 Å². The van der Waals surface area contributed by atoms with Crippen molar-refractivity contribution in [2.75, 3.05) is 27.4 Å². The van der Waals surface area contributed by atoms with Crippen LogP contribution in [0.25, 0.3) is 0 Å². The van der Waals surface area contributed by atoms with Crippen molar-refractivity contribution < 1.29 is 23.7 Å². The van der Waals surface area contributed by atoms with E-state index in [1.807, 2.05) is 63.2 Å². The first-order valence-electron chi connectivity index (χ1n) is 9.76. The van der Waals surface area contributed by atoms with Crippen LogP contribution in [0.1, 0.15) is 25.0 Å². The molecule has 0 heterocycles. The van der Waals surface area contributed by atoms with Crippen LogP contribution in [0.4, 0.5) is 0 Å². The fourth-order valence-corrected chi connectivity index (χ4v) is 2.72. The molecule has 0 saturated heterocycles. The van der Waals surface area contributed by atoms with Crippen molar-refractivity contribution in [3.8, 4) is 17.2 Å². The van der Waals surface area contributed by atoms with E-state index in [9.17, 15) is 4.79 Å². The molecule has 0 bridgehead atoms. The number of benzene rings is 2. The van der Waals surface area contributed by atoms with Gasteiger partial charge in [-0.15, -0.1) is 0 Å². The van der Waals surface area contributed by atoms with Crippen LogP contribution in [-0.4, -0.2) is 45.5 Å². The van der Waals surface area contributed by atoms with E-state index in [1.165, 1.54) is 7.11 Å². The van der Waals surface area contributed by atoms with Gasteiger partial charge in [0.25, 0.3) is 5.91 Å². The van der Waals surface area contributed by atoms with Crippen LogP contribution in [0.5, 0.6) is 17.2 Å². The molecule has 158 valence electrons. The summed E-state index contributed by atoms with van der Waals surface area (Å²) in [6.45, 7) is 6.59. The molecular formula is C23H31NO5. The van der Waals surface area contributed by atoms with Crippen LogP contribution in [0, 0.1) is 6.92 Å². The summed E-state index contributed by atoms with van der Waals surface area (Å²) in [4.78, 5) is 12.4. The number of aryl methyl sites for hydroxylation is 1. The largest absolute Gasteiger partial charge is 0.493 e. The molecule has 2 rings (SSSR count). The molecule has 0 radical (unpaired) electrons. The lowest BCUT2D eigenvalue weighted by Crippen LogP contribution is -2.40. The molecule has 0 spiro atoms. The molecule has 1 N–H and O–H groups in total. The zero-order chi connectivity index (χ0) is 21.2. The van der Waals surface area contributed by atoms with Crippen molar-refractivity contribution in [2.24, 2.45) is 0 Å². The fourth-order valence-electron chi connectivity index (χ4n) is 2.72. The number of carbonyl (C=O) groups excluding carboxylic acids is 1. The SMILES string of the molecule is COc1cc(CCNC(=O)[C@H](COc2ccc(C)cc2)OC)ccc1OC(C)C. The molecule has 1 atom stereocenters. The van der Waals surface area contributed by atoms with E-state index in [1.54, 1.807) is 7.11 Å². The number of nitrogens with one attached hydrogen (secondary N) is 1. The number of carbonyl (C=O) groups is 1. The highest BCUT2D eigenvalue weighted by atomic mass is 16.5. The highest BCUT2D eigenvalue weighted by molar-refractivity contribution is 5.80. The summed E-state index contributed by atoms with van der Waals surface area (Å²) in [5.41, 5.74) is 2.20. The Hall–Kier alpha value is -2.73. The van der Waals surface area contributed by atoms with Crippen molar-refractivity contribution in [3.05, 3.63) is 53.6 Å². The van der Waals surface area contributed by atoms with Gasteiger partial charge >= 0.3 is 0 Å². The lowest BCUT2D eigenvalue weighted by molar-refractivity contribution is -0.132. The van der Waals surface area contributed by atoms with Crippen LogP contribution >= 0.6 is 0 Å². The standard InChI is InChI=1S/C23H31NO5/c1-16(2)29-20-11-8-18(14-21(20)26-4)12-13-24-23(25)22(27-5)15-28-19-9-6-17(3)7-10-19/h6-11,14,16,22H,12-13,15H2,1-5H3,(H,24,25)/t22-/m0/s1. The Morgan fingerprint density at radius 2 is 1.76 bits per heavy atom. The van der Waals surface area contributed by atoms with Gasteiger partial charge in [-0.1, -0.05) is 23.8 Å². The van der Waals surface area contributed by atoms with Crippen molar-refractivity contribution in [1.29, 1.82) is 0 Å². The Bertz CT molecular complexity index is 773. The second kappa shape index (κ2) is 11.3. The molecule has 2 aromatic rings. The first-order chi connectivity index (χ1) is 13.9. The first-order valence-corrected chi connectivity index (χ1v) is 9.76. The van der Waals surface area contributed by atoms with Crippen molar-refractivity contribution in [3.63, 3.8) is 0 Å². The molecule has 0 saturated carbocycles. The molecule has 1 amide bonds. The van der Waals surface area contributed by atoms with Crippen molar-refractivity contribution in [2.45, 2.75) is 39.4 Å². The van der Waals surface area contributed by atoms with Gasteiger partial charge in [-0.05, 0) is 57.0 Å². The molecule has 0 aliphatic carbocycles. The van der Waals surface area contributed by atoms with Crippen LogP contribution in [0.3, 0.4) is 0 Å². The maximum absolute atomic E-state index is 12.4. The third-order valence-electron chi connectivity index (χ3n) is 4.30. The summed E-state index contributed by atoms with van der Waals surface area (Å²) in [5, 5.41) is 2.90. The fraction of sp³-hybridized carbons (Fsp3) is 0.435. The smallest absolute Gasteiger partial charge is 0.252 e. The Labute approximate surface area is 173 Å². The maximum Gasteiger partial charge on any atom is 0.252 e. The molecule has 0 aliphatic heterocycles. The van der Waals surface area contributed by atoms with Gasteiger partial charge in [-0.2, -0.15) is 0 Å². The van der Waals surface area contributed by atoms with E-state index in [4.69, 9.17) is 18.9 Å². The van der Waals surface area contributed by atoms with Gasteiger partial charge in [0.2, 0.25) is 0 Å². The summed E-state index contributed by atoms with van der Waals surface area (Å²) in [6.07, 6.45) is 0.0639. The summed E-state index contributed by atoms with van der Waals surface area (Å²) in [6, 6.07) is 13.5. The molecule has 0 aromatic heterocycles. The highest BCUT2D eigenvalue weighted by Gasteiger charge is 2.18. The molecule has 0 unspecified atom stereocenters. The second-order valence-corrected chi connectivity index (χ2v) is 7.04. The number of hydrogen-bond acceptors (Lipinski definition) is 5. The minimum Gasteiger partial charge on any atom is -0.493 e. The quantitative estimate of drug-likeness (QED) is 0.624. The molecule has 29 heavy (non-hydrogen) atoms. The van der Waals surface area contributed by atoms with Crippen LogP contribution < -0.4 is 19.5 Å². The topological polar surface area (TPSA) is 66.0 Å². The Morgan fingerprint density at radius 1 is 1.03 bits per heavy atom. The molecule has 6 nitrogen and oxygen atoms in total. The number of methoxy groups -OCH3 is 2. The number of rotatable bonds is 11. The minimum absolute atomic E-state index is 0.0714. The number of ether oxygens (including phenoxy) is 4. The molecule has 0 aliphatic rings. The zero-order valence-electron chi connectivity index (χ0n) is 17.9. The van der Waals surface area contributed by atoms with Crippen LogP contribution in [0.15, 0.2) is 42.5 Å². The van der Waals surface area contributed by atoms with Crippen LogP contribution in [0.2, 0.25) is 0 Å². The monoisotopic (exact) mass is 401 g/mol. The molecule has 2 aromatic carbocycles. The predicted octanol–water partition coefficient (Wildman–Crippen LogP) is 3.54. The molecular weight excluding hydrogens is 370 g/mol. The lowest BCUT2D eigenvalue weighted by atomic mass is 10.1. The predicted molar refractivity (Wildman–Crippen MR) is 113 cm³/mol. The average Bonchev–Trinajstić information content (AvgIpc) is 2.70. The van der Waals surface area contributed by atoms with Crippen molar-refractivity contribution >= 4 is 5.91 Å². The third kappa shape index (κ3) is 7.31. The highest BCUT2D eigenvalue weighted by Crippen LogP contribution is 2.29. The Balaban J connectivity index is 1.83. The van der Waals surface area contributed by atoms with E-state index < -0.39 is 6.10 Å². The van der Waals surface area contributed by atoms with Gasteiger partial charge in [-0.25, -0.2) is 0 Å². The van der Waals surface area contributed by atoms with E-state index in [0.29, 0.717) is 30.2 Å². The van der Waals surface area contributed by atoms with E-state index in [0.717, 1.165) is 11.1 Å². The maximum atomic E-state index is 12.4. The normalized spacial score (nSPS) is 11.8. The second-order valence-electron chi connectivity index (χ2n) is 7.04. The van der Waals surface area contributed by atoms with Gasteiger partial charge in [-0.3, -0.25) is 4.79 Å². The summed E-state index contributed by atoms with van der Waals surface area (Å²) in [5.74, 6) is 1.90. The van der Waals surface area contributed by atoms with Gasteiger partial charge in [0.1, 0.15) is 12.4 Å². The van der Waals surface area contributed by atoms with Gasteiger partial charge in [0, 0.05) is 13.7 Å². The Kier molecular flexibility index (Phi) is 8.80. The van der Waals surface area contributed by atoms with E-state index in [-0.39, 0.29) is 18.6 Å². The van der Waals surface area contributed by atoms with Gasteiger partial charge in [0.15, 0.2) is 17.6 Å². The minimum atomic E-state index is -0.673. The van der Waals surface area contributed by atoms with Crippen LogP contribution in [-0.2, 0) is 16.0 Å². The number of amides is 1.